The van der Waals surface area contributed by atoms with E-state index in [1.165, 1.54) is 25.9 Å². The van der Waals surface area contributed by atoms with E-state index < -0.39 is 0 Å². The molecule has 1 unspecified atom stereocenters. The van der Waals surface area contributed by atoms with Crippen molar-refractivity contribution >= 4 is 0 Å². The van der Waals surface area contributed by atoms with Crippen molar-refractivity contribution in [2.45, 2.75) is 18.9 Å². The molecule has 0 radical (unpaired) electrons. The van der Waals surface area contributed by atoms with Crippen molar-refractivity contribution in [3.63, 3.8) is 0 Å². The van der Waals surface area contributed by atoms with Crippen molar-refractivity contribution in [1.82, 2.24) is 4.90 Å². The Morgan fingerprint density at radius 2 is 2.08 bits per heavy atom. The van der Waals surface area contributed by atoms with Gasteiger partial charge in [0, 0.05) is 13.7 Å². The first-order valence-corrected chi connectivity index (χ1v) is 4.69. The number of methoxy groups -OCH3 is 1. The lowest BCUT2D eigenvalue weighted by molar-refractivity contribution is 0.0316. The van der Waals surface area contributed by atoms with Gasteiger partial charge in [0.2, 0.25) is 0 Å². The minimum Gasteiger partial charge on any atom is -0.380 e. The second-order valence-corrected chi connectivity index (χ2v) is 3.65. The molecule has 0 saturated carbocycles. The summed E-state index contributed by atoms with van der Waals surface area (Å²) in [6, 6.07) is 0. The molecule has 3 heteroatoms. The monoisotopic (exact) mass is 172 g/mol. The maximum atomic E-state index is 5.61. The van der Waals surface area contributed by atoms with E-state index in [1.54, 1.807) is 7.11 Å². The topological polar surface area (TPSA) is 38.5 Å². The molecule has 0 amide bonds. The highest BCUT2D eigenvalue weighted by Crippen LogP contribution is 2.20. The van der Waals surface area contributed by atoms with Gasteiger partial charge in [0.05, 0.1) is 6.10 Å². The SMILES string of the molecule is COC(CN)C1CCN(C)CC1. The average molecular weight is 172 g/mol. The first-order chi connectivity index (χ1) is 5.77. The van der Waals surface area contributed by atoms with Gasteiger partial charge in [-0.1, -0.05) is 0 Å². The number of hydrogen-bond donors (Lipinski definition) is 1. The molecule has 1 aliphatic rings. The van der Waals surface area contributed by atoms with E-state index in [1.807, 2.05) is 0 Å². The Morgan fingerprint density at radius 3 is 2.50 bits per heavy atom. The Kier molecular flexibility index (Phi) is 3.98. The fourth-order valence-corrected chi connectivity index (χ4v) is 1.88. The van der Waals surface area contributed by atoms with Crippen LogP contribution in [0.1, 0.15) is 12.8 Å². The molecule has 1 rings (SSSR count). The van der Waals surface area contributed by atoms with E-state index in [0.29, 0.717) is 12.5 Å². The molecule has 1 heterocycles. The van der Waals surface area contributed by atoms with Gasteiger partial charge >= 0.3 is 0 Å². The molecule has 3 nitrogen and oxygen atoms in total. The molecule has 0 bridgehead atoms. The van der Waals surface area contributed by atoms with Gasteiger partial charge in [-0.15, -0.1) is 0 Å². The summed E-state index contributed by atoms with van der Waals surface area (Å²) in [7, 11) is 3.93. The summed E-state index contributed by atoms with van der Waals surface area (Å²) in [5.74, 6) is 0.677. The highest BCUT2D eigenvalue weighted by atomic mass is 16.5. The summed E-state index contributed by atoms with van der Waals surface area (Å²) in [6.07, 6.45) is 2.73. The molecule has 1 saturated heterocycles. The van der Waals surface area contributed by atoms with Crippen LogP contribution in [0.2, 0.25) is 0 Å². The summed E-state index contributed by atoms with van der Waals surface area (Å²) in [5.41, 5.74) is 5.61. The van der Waals surface area contributed by atoms with Crippen LogP contribution in [0.4, 0.5) is 0 Å². The van der Waals surface area contributed by atoms with Crippen LogP contribution in [0, 0.1) is 5.92 Å². The number of piperidine rings is 1. The quantitative estimate of drug-likeness (QED) is 0.665. The van der Waals surface area contributed by atoms with Crippen LogP contribution in [0.25, 0.3) is 0 Å². The normalized spacial score (nSPS) is 24.2. The Balaban J connectivity index is 2.32. The van der Waals surface area contributed by atoms with Crippen LogP contribution >= 0.6 is 0 Å². The summed E-state index contributed by atoms with van der Waals surface area (Å²) in [4.78, 5) is 2.36. The lowest BCUT2D eigenvalue weighted by Gasteiger charge is -2.32. The fourth-order valence-electron chi connectivity index (χ4n) is 1.88. The summed E-state index contributed by atoms with van der Waals surface area (Å²) in [5, 5.41) is 0. The highest BCUT2D eigenvalue weighted by molar-refractivity contribution is 4.77. The van der Waals surface area contributed by atoms with Crippen LogP contribution in [-0.4, -0.2) is 44.8 Å². The Morgan fingerprint density at radius 1 is 1.50 bits per heavy atom. The molecule has 0 aromatic heterocycles. The van der Waals surface area contributed by atoms with Crippen LogP contribution in [-0.2, 0) is 4.74 Å². The maximum absolute atomic E-state index is 5.61. The van der Waals surface area contributed by atoms with Crippen LogP contribution < -0.4 is 5.73 Å². The van der Waals surface area contributed by atoms with Crippen molar-refractivity contribution in [2.24, 2.45) is 11.7 Å². The Labute approximate surface area is 74.9 Å². The summed E-state index contributed by atoms with van der Waals surface area (Å²) >= 11 is 0. The molecule has 1 aliphatic heterocycles. The van der Waals surface area contributed by atoms with Gasteiger partial charge in [-0.3, -0.25) is 0 Å². The Bertz CT molecular complexity index is 118. The fraction of sp³-hybridized carbons (Fsp3) is 1.00. The molecule has 0 aromatic rings. The number of nitrogens with zero attached hydrogens (tertiary/aromatic N) is 1. The van der Waals surface area contributed by atoms with Crippen molar-refractivity contribution in [3.05, 3.63) is 0 Å². The predicted molar refractivity (Wildman–Crippen MR) is 50.1 cm³/mol. The van der Waals surface area contributed by atoms with Gasteiger partial charge in [-0.05, 0) is 38.9 Å². The van der Waals surface area contributed by atoms with Gasteiger partial charge < -0.3 is 15.4 Å². The third-order valence-corrected chi connectivity index (χ3v) is 2.82. The number of rotatable bonds is 3. The summed E-state index contributed by atoms with van der Waals surface area (Å²) < 4.78 is 5.33. The van der Waals surface area contributed by atoms with Gasteiger partial charge in [0.25, 0.3) is 0 Å². The maximum Gasteiger partial charge on any atom is 0.0722 e. The van der Waals surface area contributed by atoms with Crippen LogP contribution in [0.5, 0.6) is 0 Å². The Hall–Kier alpha value is -0.120. The average Bonchev–Trinajstić information content (AvgIpc) is 2.10. The second kappa shape index (κ2) is 4.80. The first-order valence-electron chi connectivity index (χ1n) is 4.69. The number of hydrogen-bond acceptors (Lipinski definition) is 3. The number of likely N-dealkylation sites (tertiary alicyclic amines) is 1. The minimum absolute atomic E-state index is 0.277. The van der Waals surface area contributed by atoms with Gasteiger partial charge in [-0.2, -0.15) is 0 Å². The lowest BCUT2D eigenvalue weighted by Crippen LogP contribution is -2.39. The summed E-state index contributed by atoms with van der Waals surface area (Å²) in [6.45, 7) is 3.03. The third kappa shape index (κ3) is 2.44. The standard InChI is InChI=1S/C9H20N2O/c1-11-5-3-8(4-6-11)9(7-10)12-2/h8-9H,3-7,10H2,1-2H3. The number of nitrogens with two attached hydrogens (primary N) is 1. The van der Waals surface area contributed by atoms with Crippen LogP contribution in [0.3, 0.4) is 0 Å². The second-order valence-electron chi connectivity index (χ2n) is 3.65. The molecule has 1 fully saturated rings. The van der Waals surface area contributed by atoms with Crippen molar-refractivity contribution in [3.8, 4) is 0 Å². The van der Waals surface area contributed by atoms with Gasteiger partial charge in [-0.25, -0.2) is 0 Å². The highest BCUT2D eigenvalue weighted by Gasteiger charge is 2.23. The molecule has 12 heavy (non-hydrogen) atoms. The molecule has 0 spiro atoms. The van der Waals surface area contributed by atoms with Crippen molar-refractivity contribution in [2.75, 3.05) is 33.8 Å². The van der Waals surface area contributed by atoms with E-state index in [-0.39, 0.29) is 6.10 Å². The molecule has 0 aromatic carbocycles. The lowest BCUT2D eigenvalue weighted by atomic mass is 9.91. The molecule has 72 valence electrons. The molecular weight excluding hydrogens is 152 g/mol. The zero-order chi connectivity index (χ0) is 8.97. The van der Waals surface area contributed by atoms with E-state index in [2.05, 4.69) is 11.9 Å². The smallest absolute Gasteiger partial charge is 0.0722 e. The predicted octanol–water partition coefficient (Wildman–Crippen LogP) is 0.302. The van der Waals surface area contributed by atoms with Crippen LogP contribution in [0.15, 0.2) is 0 Å². The van der Waals surface area contributed by atoms with E-state index in [4.69, 9.17) is 10.5 Å². The molecular formula is C9H20N2O. The molecule has 1 atom stereocenters. The zero-order valence-corrected chi connectivity index (χ0v) is 8.12. The minimum atomic E-state index is 0.277. The van der Waals surface area contributed by atoms with Gasteiger partial charge in [0.15, 0.2) is 0 Å². The number of ether oxygens (including phenoxy) is 1. The van der Waals surface area contributed by atoms with Crippen molar-refractivity contribution < 1.29 is 4.74 Å². The van der Waals surface area contributed by atoms with E-state index in [0.717, 1.165) is 0 Å². The largest absolute Gasteiger partial charge is 0.380 e. The molecule has 2 N–H and O–H groups in total. The van der Waals surface area contributed by atoms with Crippen molar-refractivity contribution in [1.29, 1.82) is 0 Å². The van der Waals surface area contributed by atoms with E-state index in [9.17, 15) is 0 Å². The van der Waals surface area contributed by atoms with E-state index >= 15 is 0 Å². The zero-order valence-electron chi connectivity index (χ0n) is 8.12. The first kappa shape index (κ1) is 9.96. The van der Waals surface area contributed by atoms with Gasteiger partial charge in [0.1, 0.15) is 0 Å². The molecule has 0 aliphatic carbocycles. The third-order valence-electron chi connectivity index (χ3n) is 2.82.